The van der Waals surface area contributed by atoms with Crippen molar-refractivity contribution >= 4 is 17.6 Å². The third kappa shape index (κ3) is 2.74. The zero-order valence-electron chi connectivity index (χ0n) is 12.1. The van der Waals surface area contributed by atoms with E-state index in [1.807, 2.05) is 11.0 Å². The highest BCUT2D eigenvalue weighted by atomic mass is 16.2. The topological polar surface area (TPSA) is 65.5 Å². The first-order valence-corrected chi connectivity index (χ1v) is 6.71. The molecule has 0 unspecified atom stereocenters. The van der Waals surface area contributed by atoms with Gasteiger partial charge in [-0.2, -0.15) is 0 Å². The second kappa shape index (κ2) is 5.90. The largest absolute Gasteiger partial charge is 0.354 e. The molecule has 2 heterocycles. The number of carbonyl (C=O) groups is 2. The summed E-state index contributed by atoms with van der Waals surface area (Å²) in [5.41, 5.74) is 0.368. The van der Waals surface area contributed by atoms with Crippen LogP contribution in [0.2, 0.25) is 0 Å². The number of hydrogen-bond acceptors (Lipinski definition) is 4. The van der Waals surface area contributed by atoms with Crippen molar-refractivity contribution in [2.45, 2.75) is 18.9 Å². The lowest BCUT2D eigenvalue weighted by Crippen LogP contribution is -2.43. The van der Waals surface area contributed by atoms with Crippen molar-refractivity contribution < 1.29 is 9.59 Å². The van der Waals surface area contributed by atoms with Crippen LogP contribution in [0.1, 0.15) is 23.3 Å². The minimum absolute atomic E-state index is 0.0784. The smallest absolute Gasteiger partial charge is 0.269 e. The fraction of sp³-hybridized carbons (Fsp3) is 0.500. The van der Waals surface area contributed by atoms with Gasteiger partial charge in [-0.1, -0.05) is 6.07 Å². The first-order valence-electron chi connectivity index (χ1n) is 6.71. The van der Waals surface area contributed by atoms with E-state index < -0.39 is 0 Å². The Kier molecular flexibility index (Phi) is 4.22. The van der Waals surface area contributed by atoms with E-state index in [0.717, 1.165) is 19.4 Å². The number of nitrogens with one attached hydrogen (secondary N) is 1. The first kappa shape index (κ1) is 14.3. The molecule has 1 aliphatic heterocycles. The predicted molar refractivity (Wildman–Crippen MR) is 76.7 cm³/mol. The maximum atomic E-state index is 12.2. The van der Waals surface area contributed by atoms with E-state index in [2.05, 4.69) is 10.3 Å². The van der Waals surface area contributed by atoms with Crippen LogP contribution in [0, 0.1) is 0 Å². The number of carbonyl (C=O) groups excluding carboxylic acids is 2. The van der Waals surface area contributed by atoms with Crippen LogP contribution < -0.4 is 10.2 Å². The van der Waals surface area contributed by atoms with Crippen LogP contribution in [0.5, 0.6) is 0 Å². The zero-order valence-corrected chi connectivity index (χ0v) is 12.1. The molecule has 0 saturated carbocycles. The van der Waals surface area contributed by atoms with Crippen LogP contribution in [0.25, 0.3) is 0 Å². The van der Waals surface area contributed by atoms with Gasteiger partial charge in [0.25, 0.3) is 5.91 Å². The summed E-state index contributed by atoms with van der Waals surface area (Å²) in [7, 11) is 5.09. The molecule has 1 fully saturated rings. The summed E-state index contributed by atoms with van der Waals surface area (Å²) in [6.07, 6.45) is 1.78. The predicted octanol–water partition coefficient (Wildman–Crippen LogP) is 0.498. The molecule has 1 aromatic heterocycles. The number of anilines is 1. The minimum Gasteiger partial charge on any atom is -0.354 e. The van der Waals surface area contributed by atoms with Crippen LogP contribution >= 0.6 is 0 Å². The van der Waals surface area contributed by atoms with E-state index >= 15 is 0 Å². The molecule has 20 heavy (non-hydrogen) atoms. The van der Waals surface area contributed by atoms with Gasteiger partial charge in [0.15, 0.2) is 0 Å². The molecule has 0 bridgehead atoms. The number of likely N-dealkylation sites (N-methyl/N-ethyl adjacent to an activating group) is 1. The monoisotopic (exact) mass is 276 g/mol. The number of pyridine rings is 1. The number of aromatic nitrogens is 1. The van der Waals surface area contributed by atoms with Crippen molar-refractivity contribution in [3.05, 3.63) is 23.9 Å². The van der Waals surface area contributed by atoms with Crippen LogP contribution in [0.15, 0.2) is 18.2 Å². The van der Waals surface area contributed by atoms with Crippen molar-refractivity contribution in [1.29, 1.82) is 0 Å². The highest BCUT2D eigenvalue weighted by Gasteiger charge is 2.32. The highest BCUT2D eigenvalue weighted by Crippen LogP contribution is 2.25. The summed E-state index contributed by atoms with van der Waals surface area (Å²) in [4.78, 5) is 31.8. The number of rotatable bonds is 3. The second-order valence-corrected chi connectivity index (χ2v) is 5.04. The highest BCUT2D eigenvalue weighted by molar-refractivity contribution is 5.92. The fourth-order valence-electron chi connectivity index (χ4n) is 2.43. The molecule has 108 valence electrons. The molecule has 6 heteroatoms. The quantitative estimate of drug-likeness (QED) is 0.873. The Labute approximate surface area is 118 Å². The molecule has 1 aliphatic rings. The van der Waals surface area contributed by atoms with Gasteiger partial charge >= 0.3 is 0 Å². The third-order valence-corrected chi connectivity index (χ3v) is 3.47. The molecule has 0 radical (unpaired) electrons. The Morgan fingerprint density at radius 3 is 2.80 bits per heavy atom. The Hall–Kier alpha value is -2.11. The Morgan fingerprint density at radius 1 is 1.40 bits per heavy atom. The van der Waals surface area contributed by atoms with Gasteiger partial charge in [-0.15, -0.1) is 0 Å². The van der Waals surface area contributed by atoms with Gasteiger partial charge in [-0.05, 0) is 25.0 Å². The van der Waals surface area contributed by atoms with Crippen molar-refractivity contribution in [3.8, 4) is 0 Å². The Bertz CT molecular complexity index is 516. The molecule has 2 rings (SSSR count). The summed E-state index contributed by atoms with van der Waals surface area (Å²) in [6.45, 7) is 0.786. The number of nitrogens with zero attached hydrogens (tertiary/aromatic N) is 3. The van der Waals surface area contributed by atoms with Crippen LogP contribution in [-0.4, -0.2) is 55.4 Å². The van der Waals surface area contributed by atoms with Crippen LogP contribution in [0.4, 0.5) is 5.82 Å². The lowest BCUT2D eigenvalue weighted by molar-refractivity contribution is -0.129. The second-order valence-electron chi connectivity index (χ2n) is 5.04. The molecule has 1 N–H and O–H groups in total. The van der Waals surface area contributed by atoms with E-state index in [4.69, 9.17) is 0 Å². The normalized spacial score (nSPS) is 17.9. The average molecular weight is 276 g/mol. The van der Waals surface area contributed by atoms with E-state index in [-0.39, 0.29) is 17.9 Å². The third-order valence-electron chi connectivity index (χ3n) is 3.47. The standard InChI is InChI=1S/C14H20N4O2/c1-15-13(19)10-6-4-8-12(16-10)18-9-5-7-11(18)14(20)17(2)3/h4,6,8,11H,5,7,9H2,1-3H3,(H,15,19)/t11-/m1/s1. The van der Waals surface area contributed by atoms with Gasteiger partial charge in [-0.3, -0.25) is 9.59 Å². The maximum absolute atomic E-state index is 12.2. The van der Waals surface area contributed by atoms with Gasteiger partial charge in [-0.25, -0.2) is 4.98 Å². The van der Waals surface area contributed by atoms with E-state index in [9.17, 15) is 9.59 Å². The molecular weight excluding hydrogens is 256 g/mol. The number of hydrogen-bond donors (Lipinski definition) is 1. The fourth-order valence-corrected chi connectivity index (χ4v) is 2.43. The Morgan fingerprint density at radius 2 is 2.15 bits per heavy atom. The van der Waals surface area contributed by atoms with Crippen molar-refractivity contribution in [3.63, 3.8) is 0 Å². The van der Waals surface area contributed by atoms with Gasteiger partial charge in [0.05, 0.1) is 0 Å². The molecular formula is C14H20N4O2. The zero-order chi connectivity index (χ0) is 14.7. The lowest BCUT2D eigenvalue weighted by Gasteiger charge is -2.27. The van der Waals surface area contributed by atoms with Crippen molar-refractivity contribution in [2.75, 3.05) is 32.6 Å². The summed E-state index contributed by atoms with van der Waals surface area (Å²) in [5.74, 6) is 0.542. The molecule has 0 aromatic carbocycles. The van der Waals surface area contributed by atoms with Crippen LogP contribution in [0.3, 0.4) is 0 Å². The van der Waals surface area contributed by atoms with Gasteiger partial charge in [0.1, 0.15) is 17.6 Å². The van der Waals surface area contributed by atoms with E-state index in [1.54, 1.807) is 38.2 Å². The molecule has 6 nitrogen and oxygen atoms in total. The minimum atomic E-state index is -0.221. The molecule has 2 amide bonds. The summed E-state index contributed by atoms with van der Waals surface area (Å²) >= 11 is 0. The SMILES string of the molecule is CNC(=O)c1cccc(N2CCC[C@@H]2C(=O)N(C)C)n1. The molecule has 1 saturated heterocycles. The molecule has 0 spiro atoms. The van der Waals surface area contributed by atoms with E-state index in [0.29, 0.717) is 11.5 Å². The average Bonchev–Trinajstić information content (AvgIpc) is 2.94. The van der Waals surface area contributed by atoms with Gasteiger partial charge in [0, 0.05) is 27.7 Å². The first-order chi connectivity index (χ1) is 9.54. The summed E-state index contributed by atoms with van der Waals surface area (Å²) in [5, 5.41) is 2.56. The van der Waals surface area contributed by atoms with Crippen molar-refractivity contribution in [2.24, 2.45) is 0 Å². The number of amides is 2. The summed E-state index contributed by atoms with van der Waals surface area (Å²) in [6, 6.07) is 5.12. The maximum Gasteiger partial charge on any atom is 0.269 e. The van der Waals surface area contributed by atoms with Crippen molar-refractivity contribution in [1.82, 2.24) is 15.2 Å². The molecule has 1 aromatic rings. The Balaban J connectivity index is 2.26. The lowest BCUT2D eigenvalue weighted by atomic mass is 10.2. The van der Waals surface area contributed by atoms with E-state index in [1.165, 1.54) is 0 Å². The van der Waals surface area contributed by atoms with Crippen LogP contribution in [-0.2, 0) is 4.79 Å². The molecule has 0 aliphatic carbocycles. The molecule has 1 atom stereocenters. The van der Waals surface area contributed by atoms with Gasteiger partial charge in [0.2, 0.25) is 5.91 Å². The summed E-state index contributed by atoms with van der Waals surface area (Å²) < 4.78 is 0. The van der Waals surface area contributed by atoms with Gasteiger partial charge < -0.3 is 15.1 Å².